The van der Waals surface area contributed by atoms with Crippen LogP contribution in [0.15, 0.2) is 36.0 Å². The van der Waals surface area contributed by atoms with Crippen molar-refractivity contribution in [2.75, 3.05) is 18.4 Å². The Kier molecular flexibility index (Phi) is 3.39. The summed E-state index contributed by atoms with van der Waals surface area (Å²) in [5.74, 6) is 0.769. The third kappa shape index (κ3) is 2.80. The molecule has 1 aliphatic carbocycles. The van der Waals surface area contributed by atoms with Gasteiger partial charge in [0.25, 0.3) is 0 Å². The Bertz CT molecular complexity index is 578. The predicted octanol–water partition coefficient (Wildman–Crippen LogP) is 3.00. The van der Waals surface area contributed by atoms with Crippen LogP contribution in [0.4, 0.5) is 5.95 Å². The van der Waals surface area contributed by atoms with Gasteiger partial charge in [-0.1, -0.05) is 6.07 Å². The van der Waals surface area contributed by atoms with Crippen LogP contribution in [0.1, 0.15) is 24.1 Å². The molecule has 1 saturated carbocycles. The Labute approximate surface area is 129 Å². The van der Waals surface area contributed by atoms with Gasteiger partial charge in [-0.25, -0.2) is 9.97 Å². The van der Waals surface area contributed by atoms with Gasteiger partial charge in [0.1, 0.15) is 0 Å². The van der Waals surface area contributed by atoms with Crippen molar-refractivity contribution in [1.82, 2.24) is 14.9 Å². The van der Waals surface area contributed by atoms with Gasteiger partial charge >= 0.3 is 0 Å². The molecular formula is C16H20N4S. The van der Waals surface area contributed by atoms with Gasteiger partial charge in [0, 0.05) is 36.4 Å². The molecule has 5 heteroatoms. The second kappa shape index (κ2) is 5.39. The highest BCUT2D eigenvalue weighted by atomic mass is 32.1. The highest BCUT2D eigenvalue weighted by Crippen LogP contribution is 2.49. The normalized spacial score (nSPS) is 28.7. The SMILES string of the molecule is c1cnc(NC2CC3(CCN(Cc4cccs4)C3)C2)nc1. The first-order chi connectivity index (χ1) is 10.3. The van der Waals surface area contributed by atoms with E-state index in [4.69, 9.17) is 0 Å². The fourth-order valence-electron chi connectivity index (χ4n) is 3.76. The molecule has 3 heterocycles. The van der Waals surface area contributed by atoms with E-state index in [0.29, 0.717) is 11.5 Å². The van der Waals surface area contributed by atoms with E-state index in [2.05, 4.69) is 37.7 Å². The van der Waals surface area contributed by atoms with Crippen molar-refractivity contribution in [2.24, 2.45) is 5.41 Å². The van der Waals surface area contributed by atoms with Crippen LogP contribution in [0.3, 0.4) is 0 Å². The number of nitrogens with one attached hydrogen (secondary N) is 1. The molecule has 0 unspecified atom stereocenters. The van der Waals surface area contributed by atoms with E-state index < -0.39 is 0 Å². The summed E-state index contributed by atoms with van der Waals surface area (Å²) in [4.78, 5) is 12.6. The maximum absolute atomic E-state index is 4.25. The minimum atomic E-state index is 0.545. The lowest BCUT2D eigenvalue weighted by molar-refractivity contribution is 0.120. The van der Waals surface area contributed by atoms with E-state index in [-0.39, 0.29) is 0 Å². The summed E-state index contributed by atoms with van der Waals surface area (Å²) in [5, 5.41) is 5.62. The number of likely N-dealkylation sites (tertiary alicyclic amines) is 1. The number of anilines is 1. The van der Waals surface area contributed by atoms with Crippen molar-refractivity contribution in [1.29, 1.82) is 0 Å². The highest BCUT2D eigenvalue weighted by molar-refractivity contribution is 7.09. The van der Waals surface area contributed by atoms with Crippen molar-refractivity contribution in [3.05, 3.63) is 40.8 Å². The Morgan fingerprint density at radius 3 is 2.90 bits per heavy atom. The van der Waals surface area contributed by atoms with Crippen LogP contribution in [-0.4, -0.2) is 34.0 Å². The molecule has 4 rings (SSSR count). The van der Waals surface area contributed by atoms with Crippen molar-refractivity contribution < 1.29 is 0 Å². The van der Waals surface area contributed by atoms with E-state index in [1.165, 1.54) is 37.2 Å². The Morgan fingerprint density at radius 1 is 1.29 bits per heavy atom. The standard InChI is InChI=1S/C16H20N4S/c1-3-14(21-8-1)11-20-7-4-16(12-20)9-13(10-16)19-15-17-5-2-6-18-15/h1-3,5-6,8,13H,4,7,9-12H2,(H,17,18,19). The third-order valence-electron chi connectivity index (χ3n) is 4.73. The third-order valence-corrected chi connectivity index (χ3v) is 5.60. The maximum atomic E-state index is 4.25. The molecule has 1 aliphatic heterocycles. The van der Waals surface area contributed by atoms with Crippen molar-refractivity contribution in [3.63, 3.8) is 0 Å². The van der Waals surface area contributed by atoms with Gasteiger partial charge in [0.15, 0.2) is 0 Å². The molecule has 0 radical (unpaired) electrons. The lowest BCUT2D eigenvalue weighted by Crippen LogP contribution is -2.46. The topological polar surface area (TPSA) is 41.1 Å². The quantitative estimate of drug-likeness (QED) is 0.942. The smallest absolute Gasteiger partial charge is 0.222 e. The zero-order valence-electron chi connectivity index (χ0n) is 12.0. The van der Waals surface area contributed by atoms with Gasteiger partial charge < -0.3 is 5.32 Å². The van der Waals surface area contributed by atoms with Crippen molar-refractivity contribution >= 4 is 17.3 Å². The van der Waals surface area contributed by atoms with Crippen molar-refractivity contribution in [2.45, 2.75) is 31.8 Å². The van der Waals surface area contributed by atoms with Crippen molar-refractivity contribution in [3.8, 4) is 0 Å². The van der Waals surface area contributed by atoms with Crippen LogP contribution in [0, 0.1) is 5.41 Å². The summed E-state index contributed by atoms with van der Waals surface area (Å²) in [6.45, 7) is 3.62. The molecule has 1 N–H and O–H groups in total. The van der Waals surface area contributed by atoms with Crippen LogP contribution in [0.5, 0.6) is 0 Å². The zero-order valence-corrected chi connectivity index (χ0v) is 12.9. The largest absolute Gasteiger partial charge is 0.351 e. The Balaban J connectivity index is 1.29. The second-order valence-electron chi connectivity index (χ2n) is 6.36. The summed E-state index contributed by atoms with van der Waals surface area (Å²) in [6, 6.07) is 6.80. The lowest BCUT2D eigenvalue weighted by Gasteiger charge is -2.45. The Hall–Kier alpha value is -1.46. The Morgan fingerprint density at radius 2 is 2.14 bits per heavy atom. The monoisotopic (exact) mass is 300 g/mol. The first-order valence-electron chi connectivity index (χ1n) is 7.60. The predicted molar refractivity (Wildman–Crippen MR) is 85.3 cm³/mol. The summed E-state index contributed by atoms with van der Waals surface area (Å²) in [7, 11) is 0. The van der Waals surface area contributed by atoms with E-state index in [1.54, 1.807) is 12.4 Å². The maximum Gasteiger partial charge on any atom is 0.222 e. The lowest BCUT2D eigenvalue weighted by atomic mass is 9.65. The minimum Gasteiger partial charge on any atom is -0.351 e. The van der Waals surface area contributed by atoms with Crippen LogP contribution in [0.2, 0.25) is 0 Å². The molecule has 2 aromatic heterocycles. The van der Waals surface area contributed by atoms with E-state index in [0.717, 1.165) is 12.5 Å². The van der Waals surface area contributed by atoms with Gasteiger partial charge in [0.05, 0.1) is 0 Å². The summed E-state index contributed by atoms with van der Waals surface area (Å²) >= 11 is 1.87. The van der Waals surface area contributed by atoms with Gasteiger partial charge in [-0.2, -0.15) is 0 Å². The molecule has 2 fully saturated rings. The first-order valence-corrected chi connectivity index (χ1v) is 8.48. The van der Waals surface area contributed by atoms with Crippen LogP contribution in [-0.2, 0) is 6.54 Å². The molecule has 21 heavy (non-hydrogen) atoms. The van der Waals surface area contributed by atoms with E-state index in [9.17, 15) is 0 Å². The summed E-state index contributed by atoms with van der Waals surface area (Å²) in [6.07, 6.45) is 7.44. The average Bonchev–Trinajstić information content (AvgIpc) is 3.10. The molecule has 0 aromatic carbocycles. The number of hydrogen-bond donors (Lipinski definition) is 1. The van der Waals surface area contributed by atoms with Gasteiger partial charge in [-0.15, -0.1) is 11.3 Å². The molecule has 0 atom stereocenters. The average molecular weight is 300 g/mol. The summed E-state index contributed by atoms with van der Waals surface area (Å²) < 4.78 is 0. The molecule has 0 amide bonds. The molecule has 0 bridgehead atoms. The van der Waals surface area contributed by atoms with Crippen LogP contribution >= 0.6 is 11.3 Å². The van der Waals surface area contributed by atoms with E-state index >= 15 is 0 Å². The fraction of sp³-hybridized carbons (Fsp3) is 0.500. The zero-order chi connectivity index (χ0) is 14.1. The minimum absolute atomic E-state index is 0.545. The molecule has 1 spiro atoms. The number of rotatable bonds is 4. The highest BCUT2D eigenvalue weighted by Gasteiger charge is 2.48. The van der Waals surface area contributed by atoms with Gasteiger partial charge in [0.2, 0.25) is 5.95 Å². The fourth-order valence-corrected chi connectivity index (χ4v) is 4.51. The number of thiophene rings is 1. The van der Waals surface area contributed by atoms with Gasteiger partial charge in [-0.05, 0) is 48.7 Å². The molecule has 2 aromatic rings. The number of aromatic nitrogens is 2. The molecule has 4 nitrogen and oxygen atoms in total. The molecule has 2 aliphatic rings. The van der Waals surface area contributed by atoms with E-state index in [1.807, 2.05) is 17.4 Å². The molecular weight excluding hydrogens is 280 g/mol. The number of nitrogens with zero attached hydrogens (tertiary/aromatic N) is 3. The molecule has 1 saturated heterocycles. The summed E-state index contributed by atoms with van der Waals surface area (Å²) in [5.41, 5.74) is 0.545. The second-order valence-corrected chi connectivity index (χ2v) is 7.39. The van der Waals surface area contributed by atoms with Gasteiger partial charge in [-0.3, -0.25) is 4.90 Å². The molecule has 110 valence electrons. The van der Waals surface area contributed by atoms with Crippen LogP contribution in [0.25, 0.3) is 0 Å². The first kappa shape index (κ1) is 13.2. The van der Waals surface area contributed by atoms with Crippen LogP contribution < -0.4 is 5.32 Å². The number of hydrogen-bond acceptors (Lipinski definition) is 5.